The Morgan fingerprint density at radius 1 is 0.914 bits per heavy atom. The number of anilines is 3. The average Bonchev–Trinajstić information content (AvgIpc) is 2.91. The van der Waals surface area contributed by atoms with Crippen molar-refractivity contribution >= 4 is 34.8 Å². The molecule has 3 heterocycles. The van der Waals surface area contributed by atoms with Crippen molar-refractivity contribution in [2.45, 2.75) is 57.9 Å². The Labute approximate surface area is 207 Å². The van der Waals surface area contributed by atoms with Crippen LogP contribution in [0.25, 0.3) is 0 Å². The maximum Gasteiger partial charge on any atom is 0.253 e. The van der Waals surface area contributed by atoms with Crippen LogP contribution in [-0.2, 0) is 16.0 Å². The standard InChI is InChI=1S/C28H34N4O3/c1-2-20-9-12-22(13-10-20)29-26(33)19-32-25-18-21(27(34)30-15-5-3-6-16-30)11-14-23(25)31-17-7-4-8-24(31)28(32)35/h9-14,18,24H,2-8,15-17,19H2,1H3,(H,29,33)/t24-/m0/s1. The van der Waals surface area contributed by atoms with Crippen molar-refractivity contribution in [2.75, 3.05) is 41.3 Å². The van der Waals surface area contributed by atoms with Crippen molar-refractivity contribution in [1.82, 2.24) is 4.90 Å². The SMILES string of the molecule is CCc1ccc(NC(=O)CN2C(=O)[C@@H]3CCCCN3c3ccc(C(=O)N4CCCCC4)cc32)cc1. The lowest BCUT2D eigenvalue weighted by atomic mass is 9.95. The van der Waals surface area contributed by atoms with E-state index in [1.54, 1.807) is 4.90 Å². The van der Waals surface area contributed by atoms with Gasteiger partial charge in [0.05, 0.1) is 11.4 Å². The molecule has 0 radical (unpaired) electrons. The fraction of sp³-hybridized carbons (Fsp3) is 0.464. The Hall–Kier alpha value is -3.35. The van der Waals surface area contributed by atoms with Crippen molar-refractivity contribution in [3.63, 3.8) is 0 Å². The highest BCUT2D eigenvalue weighted by atomic mass is 16.2. The van der Waals surface area contributed by atoms with Gasteiger partial charge in [-0.05, 0) is 80.8 Å². The van der Waals surface area contributed by atoms with Gasteiger partial charge in [0.2, 0.25) is 11.8 Å². The number of benzene rings is 2. The summed E-state index contributed by atoms with van der Waals surface area (Å²) in [4.78, 5) is 45.5. The van der Waals surface area contributed by atoms with Gasteiger partial charge in [-0.2, -0.15) is 0 Å². The zero-order valence-electron chi connectivity index (χ0n) is 20.5. The smallest absolute Gasteiger partial charge is 0.253 e. The van der Waals surface area contributed by atoms with E-state index in [1.165, 1.54) is 5.56 Å². The van der Waals surface area contributed by atoms with Crippen LogP contribution in [0, 0.1) is 0 Å². The molecule has 0 bridgehead atoms. The number of carbonyl (C=O) groups excluding carboxylic acids is 3. The molecule has 2 aromatic carbocycles. The number of piperidine rings is 2. The number of aryl methyl sites for hydroxylation is 1. The summed E-state index contributed by atoms with van der Waals surface area (Å²) in [5.41, 5.74) is 4.09. The van der Waals surface area contributed by atoms with Crippen LogP contribution in [-0.4, -0.2) is 54.8 Å². The highest BCUT2D eigenvalue weighted by Gasteiger charge is 2.40. The predicted octanol–water partition coefficient (Wildman–Crippen LogP) is 4.22. The van der Waals surface area contributed by atoms with E-state index in [-0.39, 0.29) is 30.3 Å². The number of hydrogen-bond acceptors (Lipinski definition) is 4. The lowest BCUT2D eigenvalue weighted by Crippen LogP contribution is -2.56. The molecule has 7 heteroatoms. The van der Waals surface area contributed by atoms with Crippen molar-refractivity contribution in [2.24, 2.45) is 0 Å². The molecular formula is C28H34N4O3. The number of likely N-dealkylation sites (tertiary alicyclic amines) is 1. The van der Waals surface area contributed by atoms with Crippen molar-refractivity contribution in [3.8, 4) is 0 Å². The van der Waals surface area contributed by atoms with Gasteiger partial charge in [-0.25, -0.2) is 0 Å². The first-order chi connectivity index (χ1) is 17.0. The van der Waals surface area contributed by atoms with Crippen LogP contribution < -0.4 is 15.1 Å². The number of carbonyl (C=O) groups is 3. The molecule has 1 atom stereocenters. The van der Waals surface area contributed by atoms with Gasteiger partial charge in [-0.1, -0.05) is 19.1 Å². The van der Waals surface area contributed by atoms with Crippen molar-refractivity contribution in [3.05, 3.63) is 53.6 Å². The molecule has 35 heavy (non-hydrogen) atoms. The Morgan fingerprint density at radius 2 is 1.66 bits per heavy atom. The van der Waals surface area contributed by atoms with E-state index in [0.717, 1.165) is 70.3 Å². The monoisotopic (exact) mass is 474 g/mol. The molecule has 0 aromatic heterocycles. The van der Waals surface area contributed by atoms with Crippen LogP contribution >= 0.6 is 0 Å². The first-order valence-electron chi connectivity index (χ1n) is 13.0. The second-order valence-electron chi connectivity index (χ2n) is 9.78. The fourth-order valence-corrected chi connectivity index (χ4v) is 5.50. The molecule has 2 fully saturated rings. The maximum absolute atomic E-state index is 13.6. The third-order valence-corrected chi connectivity index (χ3v) is 7.47. The molecule has 0 unspecified atom stereocenters. The van der Waals surface area contributed by atoms with Crippen LogP contribution in [0.3, 0.4) is 0 Å². The largest absolute Gasteiger partial charge is 0.358 e. The molecule has 0 aliphatic carbocycles. The summed E-state index contributed by atoms with van der Waals surface area (Å²) in [6.45, 7) is 4.36. The summed E-state index contributed by atoms with van der Waals surface area (Å²) in [6.07, 6.45) is 6.95. The van der Waals surface area contributed by atoms with E-state index in [4.69, 9.17) is 0 Å². The van der Waals surface area contributed by atoms with Crippen molar-refractivity contribution < 1.29 is 14.4 Å². The predicted molar refractivity (Wildman–Crippen MR) is 138 cm³/mol. The van der Waals surface area contributed by atoms with Crippen LogP contribution in [0.4, 0.5) is 17.1 Å². The maximum atomic E-state index is 13.6. The van der Waals surface area contributed by atoms with E-state index < -0.39 is 0 Å². The number of nitrogens with zero attached hydrogens (tertiary/aromatic N) is 3. The second-order valence-corrected chi connectivity index (χ2v) is 9.78. The Kier molecular flexibility index (Phi) is 6.75. The summed E-state index contributed by atoms with van der Waals surface area (Å²) in [5.74, 6) is -0.303. The minimum Gasteiger partial charge on any atom is -0.358 e. The molecule has 3 amide bonds. The minimum atomic E-state index is -0.253. The summed E-state index contributed by atoms with van der Waals surface area (Å²) >= 11 is 0. The molecule has 3 aliphatic rings. The van der Waals surface area contributed by atoms with Gasteiger partial charge in [0.1, 0.15) is 12.6 Å². The van der Waals surface area contributed by atoms with E-state index in [2.05, 4.69) is 17.1 Å². The second kappa shape index (κ2) is 10.1. The Balaban J connectivity index is 1.42. The summed E-state index contributed by atoms with van der Waals surface area (Å²) in [5, 5.41) is 2.93. The summed E-state index contributed by atoms with van der Waals surface area (Å²) in [6, 6.07) is 13.2. The molecule has 2 saturated heterocycles. The zero-order chi connectivity index (χ0) is 24.4. The van der Waals surface area contributed by atoms with Crippen LogP contribution in [0.1, 0.15) is 61.4 Å². The van der Waals surface area contributed by atoms with Gasteiger partial charge >= 0.3 is 0 Å². The molecule has 0 saturated carbocycles. The molecule has 184 valence electrons. The van der Waals surface area contributed by atoms with Crippen LogP contribution in [0.15, 0.2) is 42.5 Å². The van der Waals surface area contributed by atoms with Gasteiger partial charge in [-0.3, -0.25) is 19.3 Å². The quantitative estimate of drug-likeness (QED) is 0.704. The van der Waals surface area contributed by atoms with E-state index in [0.29, 0.717) is 16.9 Å². The van der Waals surface area contributed by atoms with E-state index in [9.17, 15) is 14.4 Å². The van der Waals surface area contributed by atoms with E-state index >= 15 is 0 Å². The molecular weight excluding hydrogens is 440 g/mol. The van der Waals surface area contributed by atoms with Crippen molar-refractivity contribution in [1.29, 1.82) is 0 Å². The summed E-state index contributed by atoms with van der Waals surface area (Å²) < 4.78 is 0. The summed E-state index contributed by atoms with van der Waals surface area (Å²) in [7, 11) is 0. The number of nitrogens with one attached hydrogen (secondary N) is 1. The molecule has 0 spiro atoms. The zero-order valence-corrected chi connectivity index (χ0v) is 20.5. The molecule has 3 aliphatic heterocycles. The third kappa shape index (κ3) is 4.77. The lowest BCUT2D eigenvalue weighted by Gasteiger charge is -2.45. The molecule has 1 N–H and O–H groups in total. The van der Waals surface area contributed by atoms with Gasteiger partial charge in [0, 0.05) is 30.9 Å². The highest BCUT2D eigenvalue weighted by Crippen LogP contribution is 2.40. The molecule has 2 aromatic rings. The lowest BCUT2D eigenvalue weighted by molar-refractivity contribution is -0.123. The topological polar surface area (TPSA) is 73.0 Å². The number of amides is 3. The Morgan fingerprint density at radius 3 is 2.40 bits per heavy atom. The Bertz CT molecular complexity index is 1110. The normalized spacial score (nSPS) is 19.7. The number of rotatable bonds is 5. The van der Waals surface area contributed by atoms with Gasteiger partial charge < -0.3 is 15.1 Å². The van der Waals surface area contributed by atoms with Crippen LogP contribution in [0.5, 0.6) is 0 Å². The van der Waals surface area contributed by atoms with Gasteiger partial charge in [0.15, 0.2) is 0 Å². The minimum absolute atomic E-state index is 0.00105. The van der Waals surface area contributed by atoms with Gasteiger partial charge in [0.25, 0.3) is 5.91 Å². The highest BCUT2D eigenvalue weighted by molar-refractivity contribution is 6.11. The van der Waals surface area contributed by atoms with Crippen LogP contribution in [0.2, 0.25) is 0 Å². The third-order valence-electron chi connectivity index (χ3n) is 7.47. The number of fused-ring (bicyclic) bond motifs is 3. The average molecular weight is 475 g/mol. The number of hydrogen-bond donors (Lipinski definition) is 1. The van der Waals surface area contributed by atoms with Gasteiger partial charge in [-0.15, -0.1) is 0 Å². The van der Waals surface area contributed by atoms with E-state index in [1.807, 2.05) is 47.4 Å². The first kappa shape index (κ1) is 23.4. The molecule has 7 nitrogen and oxygen atoms in total. The fourth-order valence-electron chi connectivity index (χ4n) is 5.50. The first-order valence-corrected chi connectivity index (χ1v) is 13.0. The molecule has 5 rings (SSSR count).